The van der Waals surface area contributed by atoms with E-state index in [-0.39, 0.29) is 0 Å². The predicted octanol–water partition coefficient (Wildman–Crippen LogP) is 0.921. The van der Waals surface area contributed by atoms with E-state index in [0.29, 0.717) is 6.04 Å². The zero-order valence-electron chi connectivity index (χ0n) is 8.16. The summed E-state index contributed by atoms with van der Waals surface area (Å²) >= 11 is 0. The molecule has 2 rings (SSSR count). The van der Waals surface area contributed by atoms with Crippen LogP contribution in [0, 0.1) is 17.8 Å². The molecule has 2 nitrogen and oxygen atoms in total. The van der Waals surface area contributed by atoms with Crippen molar-refractivity contribution in [1.82, 2.24) is 4.90 Å². The molecule has 0 aromatic carbocycles. The van der Waals surface area contributed by atoms with Gasteiger partial charge in [-0.3, -0.25) is 0 Å². The van der Waals surface area contributed by atoms with Gasteiger partial charge in [0, 0.05) is 19.1 Å². The van der Waals surface area contributed by atoms with E-state index in [4.69, 9.17) is 5.73 Å². The average molecular weight is 168 g/mol. The summed E-state index contributed by atoms with van der Waals surface area (Å²) in [5.74, 6) is 2.58. The van der Waals surface area contributed by atoms with Gasteiger partial charge in [-0.25, -0.2) is 0 Å². The second-order valence-electron chi connectivity index (χ2n) is 4.77. The fourth-order valence-electron chi connectivity index (χ4n) is 3.00. The molecule has 0 unspecified atom stereocenters. The molecule has 0 bridgehead atoms. The molecule has 2 heteroatoms. The van der Waals surface area contributed by atoms with E-state index in [1.807, 2.05) is 0 Å². The largest absolute Gasteiger partial charge is 0.327 e. The second kappa shape index (κ2) is 3.00. The van der Waals surface area contributed by atoms with Crippen LogP contribution in [0.4, 0.5) is 0 Å². The Balaban J connectivity index is 2.09. The summed E-state index contributed by atoms with van der Waals surface area (Å²) in [5, 5.41) is 0. The Morgan fingerprint density at radius 2 is 1.83 bits per heavy atom. The molecule has 0 spiro atoms. The molecule has 0 aromatic heterocycles. The lowest BCUT2D eigenvalue weighted by atomic mass is 9.72. The summed E-state index contributed by atoms with van der Waals surface area (Å²) in [6.45, 7) is 4.90. The summed E-state index contributed by atoms with van der Waals surface area (Å²) in [6, 6.07) is 0.483. The maximum Gasteiger partial charge on any atom is 0.00827 e. The van der Waals surface area contributed by atoms with Crippen molar-refractivity contribution in [2.45, 2.75) is 25.8 Å². The minimum Gasteiger partial charge on any atom is -0.327 e. The number of hydrogen-bond acceptors (Lipinski definition) is 2. The van der Waals surface area contributed by atoms with Crippen molar-refractivity contribution < 1.29 is 0 Å². The molecule has 1 aliphatic heterocycles. The molecule has 1 aliphatic carbocycles. The lowest BCUT2D eigenvalue weighted by Crippen LogP contribution is -2.41. The summed E-state index contributed by atoms with van der Waals surface area (Å²) in [5.41, 5.74) is 6.12. The van der Waals surface area contributed by atoms with Crippen LogP contribution in [-0.2, 0) is 0 Å². The second-order valence-corrected chi connectivity index (χ2v) is 4.77. The smallest absolute Gasteiger partial charge is 0.00827 e. The molecule has 1 saturated heterocycles. The molecule has 1 saturated carbocycles. The summed E-state index contributed by atoms with van der Waals surface area (Å²) in [4.78, 5) is 2.44. The molecule has 70 valence electrons. The average Bonchev–Trinajstić information content (AvgIpc) is 2.41. The molecule has 4 atom stereocenters. The van der Waals surface area contributed by atoms with E-state index >= 15 is 0 Å². The van der Waals surface area contributed by atoms with Gasteiger partial charge in [0.1, 0.15) is 0 Å². The topological polar surface area (TPSA) is 29.3 Å². The zero-order valence-corrected chi connectivity index (χ0v) is 8.16. The van der Waals surface area contributed by atoms with Crippen LogP contribution in [0.1, 0.15) is 19.8 Å². The van der Waals surface area contributed by atoms with E-state index in [1.54, 1.807) is 0 Å². The molecule has 0 amide bonds. The van der Waals surface area contributed by atoms with Crippen molar-refractivity contribution in [2.75, 3.05) is 20.1 Å². The Morgan fingerprint density at radius 1 is 1.17 bits per heavy atom. The Morgan fingerprint density at radius 3 is 2.50 bits per heavy atom. The summed E-state index contributed by atoms with van der Waals surface area (Å²) < 4.78 is 0. The van der Waals surface area contributed by atoms with Gasteiger partial charge in [0.2, 0.25) is 0 Å². The van der Waals surface area contributed by atoms with Crippen LogP contribution >= 0.6 is 0 Å². The van der Waals surface area contributed by atoms with Crippen molar-refractivity contribution in [3.8, 4) is 0 Å². The number of nitrogens with zero attached hydrogens (tertiary/aromatic N) is 1. The third-order valence-electron chi connectivity index (χ3n) is 3.83. The van der Waals surface area contributed by atoms with Gasteiger partial charge in [-0.15, -0.1) is 0 Å². The highest BCUT2D eigenvalue weighted by Crippen LogP contribution is 2.38. The lowest BCUT2D eigenvalue weighted by molar-refractivity contribution is 0.188. The highest BCUT2D eigenvalue weighted by Gasteiger charge is 2.40. The third kappa shape index (κ3) is 1.27. The van der Waals surface area contributed by atoms with Gasteiger partial charge >= 0.3 is 0 Å². The van der Waals surface area contributed by atoms with Crippen LogP contribution in [0.25, 0.3) is 0 Å². The van der Waals surface area contributed by atoms with Crippen LogP contribution in [0.3, 0.4) is 0 Å². The normalized spacial score (nSPS) is 49.2. The van der Waals surface area contributed by atoms with Gasteiger partial charge in [-0.05, 0) is 37.6 Å². The first kappa shape index (κ1) is 8.52. The number of likely N-dealkylation sites (tertiary alicyclic amines) is 1. The van der Waals surface area contributed by atoms with E-state index in [2.05, 4.69) is 18.9 Å². The fraction of sp³-hybridized carbons (Fsp3) is 1.00. The van der Waals surface area contributed by atoms with Crippen LogP contribution in [-0.4, -0.2) is 31.1 Å². The molecule has 0 radical (unpaired) electrons. The predicted molar refractivity (Wildman–Crippen MR) is 50.9 cm³/mol. The van der Waals surface area contributed by atoms with Gasteiger partial charge in [-0.2, -0.15) is 0 Å². The lowest BCUT2D eigenvalue weighted by Gasteiger charge is -2.35. The van der Waals surface area contributed by atoms with Gasteiger partial charge in [0.05, 0.1) is 0 Å². The minimum absolute atomic E-state index is 0.483. The van der Waals surface area contributed by atoms with E-state index in [0.717, 1.165) is 17.8 Å². The van der Waals surface area contributed by atoms with Gasteiger partial charge in [0.25, 0.3) is 0 Å². The minimum atomic E-state index is 0.483. The Labute approximate surface area is 75.1 Å². The highest BCUT2D eigenvalue weighted by molar-refractivity contribution is 4.94. The van der Waals surface area contributed by atoms with Crippen molar-refractivity contribution in [3.05, 3.63) is 0 Å². The Bertz CT molecular complexity index is 151. The number of nitrogens with two attached hydrogens (primary N) is 1. The third-order valence-corrected chi connectivity index (χ3v) is 3.83. The van der Waals surface area contributed by atoms with E-state index in [9.17, 15) is 0 Å². The Hall–Kier alpha value is -0.0800. The van der Waals surface area contributed by atoms with Crippen molar-refractivity contribution in [1.29, 1.82) is 0 Å². The molecule has 0 aromatic rings. The van der Waals surface area contributed by atoms with Crippen molar-refractivity contribution in [3.63, 3.8) is 0 Å². The van der Waals surface area contributed by atoms with Crippen molar-refractivity contribution in [2.24, 2.45) is 23.5 Å². The molecule has 2 fully saturated rings. The van der Waals surface area contributed by atoms with Crippen LogP contribution < -0.4 is 5.73 Å². The first-order valence-corrected chi connectivity index (χ1v) is 5.12. The van der Waals surface area contributed by atoms with Crippen LogP contribution in [0.15, 0.2) is 0 Å². The summed E-state index contributed by atoms with van der Waals surface area (Å²) in [7, 11) is 2.22. The molecule has 1 heterocycles. The maximum atomic E-state index is 6.12. The van der Waals surface area contributed by atoms with Crippen LogP contribution in [0.5, 0.6) is 0 Å². The van der Waals surface area contributed by atoms with Gasteiger partial charge < -0.3 is 10.6 Å². The fourth-order valence-corrected chi connectivity index (χ4v) is 3.00. The van der Waals surface area contributed by atoms with Crippen molar-refractivity contribution >= 4 is 0 Å². The number of fused-ring (bicyclic) bond motifs is 1. The van der Waals surface area contributed by atoms with Gasteiger partial charge in [0.15, 0.2) is 0 Å². The summed E-state index contributed by atoms with van der Waals surface area (Å²) in [6.07, 6.45) is 2.59. The molecule has 12 heavy (non-hydrogen) atoms. The van der Waals surface area contributed by atoms with E-state index in [1.165, 1.54) is 25.9 Å². The molecular weight excluding hydrogens is 148 g/mol. The van der Waals surface area contributed by atoms with Crippen LogP contribution in [0.2, 0.25) is 0 Å². The maximum absolute atomic E-state index is 6.12. The van der Waals surface area contributed by atoms with Gasteiger partial charge in [-0.1, -0.05) is 6.92 Å². The highest BCUT2D eigenvalue weighted by atomic mass is 15.1. The molecular formula is C10H20N2. The molecule has 2 aliphatic rings. The standard InChI is InChI=1S/C10H20N2/c1-7-3-4-10(11)9-6-12(2)5-8(7)9/h7-10H,3-6,11H2,1-2H3/t7-,8-,9-,10+/m1/s1. The zero-order chi connectivity index (χ0) is 8.72. The molecule has 2 N–H and O–H groups in total. The number of rotatable bonds is 0. The first-order valence-electron chi connectivity index (χ1n) is 5.12. The Kier molecular flexibility index (Phi) is 2.13. The quantitative estimate of drug-likeness (QED) is 0.583. The number of hydrogen-bond donors (Lipinski definition) is 1. The first-order chi connectivity index (χ1) is 5.68. The van der Waals surface area contributed by atoms with E-state index < -0.39 is 0 Å². The monoisotopic (exact) mass is 168 g/mol. The SMILES string of the molecule is C[C@@H]1CC[C@H](N)[C@@H]2CN(C)C[C@@H]21.